The molecule has 0 aromatic heterocycles. The Kier molecular flexibility index (Phi) is 3.20. The molecule has 0 unspecified atom stereocenters. The fraction of sp³-hybridized carbons (Fsp3) is 0.429. The second-order valence-corrected chi connectivity index (χ2v) is 7.01. The Hall–Kier alpha value is -1.17. The maximum atomic E-state index is 12.4. The molecule has 0 amide bonds. The van der Waals surface area contributed by atoms with Crippen LogP contribution in [0.3, 0.4) is 0 Å². The van der Waals surface area contributed by atoms with Crippen LogP contribution in [0.15, 0.2) is 28.0 Å². The summed E-state index contributed by atoms with van der Waals surface area (Å²) in [5.41, 5.74) is 1.90. The largest absolute Gasteiger partial charge is 0.379 e. The van der Waals surface area contributed by atoms with E-state index in [9.17, 15) is 8.42 Å². The summed E-state index contributed by atoms with van der Waals surface area (Å²) in [6, 6.07) is 5.49. The van der Waals surface area contributed by atoms with E-state index >= 15 is 0 Å². The van der Waals surface area contributed by atoms with Crippen LogP contribution in [-0.4, -0.2) is 46.2 Å². The highest BCUT2D eigenvalue weighted by molar-refractivity contribution is 7.95. The van der Waals surface area contributed by atoms with E-state index in [0.29, 0.717) is 29.6 Å². The first kappa shape index (κ1) is 12.8. The molecule has 0 spiro atoms. The number of fused-ring (bicyclic) bond motifs is 1. The summed E-state index contributed by atoms with van der Waals surface area (Å²) in [4.78, 5) is 3.09. The quantitative estimate of drug-likeness (QED) is 0.822. The maximum Gasteiger partial charge on any atom is 0.204 e. The molecule has 1 saturated heterocycles. The number of rotatable bonds is 2. The molecule has 1 aromatic carbocycles. The molecule has 102 valence electrons. The van der Waals surface area contributed by atoms with Crippen LogP contribution >= 0.6 is 0 Å². The lowest BCUT2D eigenvalue weighted by Crippen LogP contribution is -2.38. The molecule has 3 rings (SSSR count). The van der Waals surface area contributed by atoms with Gasteiger partial charge in [-0.05, 0) is 24.6 Å². The fourth-order valence-corrected chi connectivity index (χ4v) is 4.12. The molecule has 2 aliphatic heterocycles. The van der Waals surface area contributed by atoms with Crippen molar-refractivity contribution in [3.63, 3.8) is 0 Å². The molecular formula is C14H17NO3S. The fourth-order valence-electron chi connectivity index (χ4n) is 2.53. The smallest absolute Gasteiger partial charge is 0.204 e. The van der Waals surface area contributed by atoms with Crippen molar-refractivity contribution < 1.29 is 13.2 Å². The van der Waals surface area contributed by atoms with Gasteiger partial charge in [0, 0.05) is 19.6 Å². The first-order chi connectivity index (χ1) is 9.07. The number of morpholine rings is 1. The Bertz CT molecular complexity index is 628. The van der Waals surface area contributed by atoms with Crippen LogP contribution in [0.1, 0.15) is 11.1 Å². The van der Waals surface area contributed by atoms with Gasteiger partial charge in [0.1, 0.15) is 0 Å². The van der Waals surface area contributed by atoms with Crippen molar-refractivity contribution in [2.75, 3.05) is 32.8 Å². The van der Waals surface area contributed by atoms with Crippen molar-refractivity contribution >= 4 is 15.9 Å². The van der Waals surface area contributed by atoms with Crippen molar-refractivity contribution in [1.29, 1.82) is 0 Å². The Morgan fingerprint density at radius 1 is 1.26 bits per heavy atom. The molecule has 4 nitrogen and oxygen atoms in total. The molecule has 1 aromatic rings. The first-order valence-electron chi connectivity index (χ1n) is 6.44. The molecule has 2 aliphatic rings. The summed E-state index contributed by atoms with van der Waals surface area (Å²) in [7, 11) is -3.28. The summed E-state index contributed by atoms with van der Waals surface area (Å²) < 4.78 is 30.2. The summed E-state index contributed by atoms with van der Waals surface area (Å²) in [5, 5.41) is 0. The van der Waals surface area contributed by atoms with E-state index in [1.807, 2.05) is 25.1 Å². The maximum absolute atomic E-state index is 12.4. The van der Waals surface area contributed by atoms with Gasteiger partial charge >= 0.3 is 0 Å². The topological polar surface area (TPSA) is 46.6 Å². The van der Waals surface area contributed by atoms with Crippen LogP contribution in [0.5, 0.6) is 0 Å². The standard InChI is InChI=1S/C14H17NO3S/c1-11-2-3-14-12(8-11)9-13(19(14,16)17)10-15-4-6-18-7-5-15/h2-3,8-9H,4-7,10H2,1H3. The average molecular weight is 279 g/mol. The zero-order valence-corrected chi connectivity index (χ0v) is 11.7. The Morgan fingerprint density at radius 2 is 2.00 bits per heavy atom. The number of hydrogen-bond donors (Lipinski definition) is 0. The van der Waals surface area contributed by atoms with Gasteiger partial charge in [-0.3, -0.25) is 4.90 Å². The minimum atomic E-state index is -3.28. The molecular weight excluding hydrogens is 262 g/mol. The summed E-state index contributed by atoms with van der Waals surface area (Å²) in [6.07, 6.45) is 1.81. The van der Waals surface area contributed by atoms with Crippen molar-refractivity contribution in [3.8, 4) is 0 Å². The highest BCUT2D eigenvalue weighted by Gasteiger charge is 2.30. The number of hydrogen-bond acceptors (Lipinski definition) is 4. The molecule has 5 heteroatoms. The first-order valence-corrected chi connectivity index (χ1v) is 7.92. The summed E-state index contributed by atoms with van der Waals surface area (Å²) in [6.45, 7) is 5.41. The zero-order valence-electron chi connectivity index (χ0n) is 10.9. The number of ether oxygens (including phenoxy) is 1. The Labute approximate surface area is 113 Å². The van der Waals surface area contributed by atoms with Crippen LogP contribution in [0.4, 0.5) is 0 Å². The second kappa shape index (κ2) is 4.74. The number of sulfone groups is 1. The highest BCUT2D eigenvalue weighted by Crippen LogP contribution is 2.33. The van der Waals surface area contributed by atoms with Gasteiger partial charge < -0.3 is 4.74 Å². The second-order valence-electron chi connectivity index (χ2n) is 5.04. The van der Waals surface area contributed by atoms with Crippen LogP contribution in [0, 0.1) is 6.92 Å². The van der Waals surface area contributed by atoms with Gasteiger partial charge in [0.25, 0.3) is 0 Å². The third kappa shape index (κ3) is 2.33. The molecule has 0 N–H and O–H groups in total. The monoisotopic (exact) mass is 279 g/mol. The molecule has 0 aliphatic carbocycles. The van der Waals surface area contributed by atoms with Gasteiger partial charge in [-0.15, -0.1) is 0 Å². The average Bonchev–Trinajstić information content (AvgIpc) is 2.62. The van der Waals surface area contributed by atoms with Gasteiger partial charge in [0.15, 0.2) is 0 Å². The summed E-state index contributed by atoms with van der Waals surface area (Å²) in [5.74, 6) is 0. The number of benzene rings is 1. The van der Waals surface area contributed by atoms with Crippen LogP contribution < -0.4 is 0 Å². The molecule has 0 bridgehead atoms. The number of aryl methyl sites for hydroxylation is 1. The predicted octanol–water partition coefficient (Wildman–Crippen LogP) is 1.46. The van der Waals surface area contributed by atoms with Gasteiger partial charge in [0.2, 0.25) is 9.84 Å². The Balaban J connectivity index is 1.89. The lowest BCUT2D eigenvalue weighted by atomic mass is 10.1. The third-order valence-corrected chi connectivity index (χ3v) is 5.49. The van der Waals surface area contributed by atoms with Crippen LogP contribution in [0.2, 0.25) is 0 Å². The van der Waals surface area contributed by atoms with Gasteiger partial charge in [-0.25, -0.2) is 8.42 Å². The SMILES string of the molecule is Cc1ccc2c(c1)C=C(CN1CCOCC1)S2(=O)=O. The Morgan fingerprint density at radius 3 is 2.74 bits per heavy atom. The summed E-state index contributed by atoms with van der Waals surface area (Å²) >= 11 is 0. The molecule has 0 atom stereocenters. The van der Waals surface area contributed by atoms with Crippen molar-refractivity contribution in [2.45, 2.75) is 11.8 Å². The van der Waals surface area contributed by atoms with Crippen molar-refractivity contribution in [2.24, 2.45) is 0 Å². The lowest BCUT2D eigenvalue weighted by Gasteiger charge is -2.26. The van der Waals surface area contributed by atoms with Crippen molar-refractivity contribution in [3.05, 3.63) is 34.2 Å². The number of nitrogens with zero attached hydrogens (tertiary/aromatic N) is 1. The normalized spacial score (nSPS) is 22.1. The van der Waals surface area contributed by atoms with Gasteiger partial charge in [0.05, 0.1) is 23.0 Å². The molecule has 0 saturated carbocycles. The van der Waals surface area contributed by atoms with E-state index in [1.54, 1.807) is 6.07 Å². The van der Waals surface area contributed by atoms with Crippen molar-refractivity contribution in [1.82, 2.24) is 4.90 Å². The highest BCUT2D eigenvalue weighted by atomic mass is 32.2. The van der Waals surface area contributed by atoms with E-state index in [-0.39, 0.29) is 0 Å². The van der Waals surface area contributed by atoms with E-state index in [2.05, 4.69) is 4.90 Å². The van der Waals surface area contributed by atoms with E-state index in [1.165, 1.54) is 0 Å². The predicted molar refractivity (Wildman–Crippen MR) is 73.6 cm³/mol. The van der Waals surface area contributed by atoms with Gasteiger partial charge in [-0.1, -0.05) is 17.7 Å². The zero-order chi connectivity index (χ0) is 13.5. The molecule has 0 radical (unpaired) electrons. The van der Waals surface area contributed by atoms with E-state index in [4.69, 9.17) is 4.74 Å². The van der Waals surface area contributed by atoms with Crippen LogP contribution in [0.25, 0.3) is 6.08 Å². The van der Waals surface area contributed by atoms with E-state index < -0.39 is 9.84 Å². The minimum Gasteiger partial charge on any atom is -0.379 e. The molecule has 19 heavy (non-hydrogen) atoms. The van der Waals surface area contributed by atoms with Gasteiger partial charge in [-0.2, -0.15) is 0 Å². The minimum absolute atomic E-state index is 0.446. The molecule has 1 fully saturated rings. The molecule has 2 heterocycles. The van der Waals surface area contributed by atoms with Crippen LogP contribution in [-0.2, 0) is 14.6 Å². The lowest BCUT2D eigenvalue weighted by molar-refractivity contribution is 0.0430. The van der Waals surface area contributed by atoms with E-state index in [0.717, 1.165) is 24.2 Å². The third-order valence-electron chi connectivity index (χ3n) is 3.60.